The van der Waals surface area contributed by atoms with Gasteiger partial charge in [-0.05, 0) is 43.9 Å². The third kappa shape index (κ3) is 3.04. The Hall–Kier alpha value is -1.62. The number of nitrogens with two attached hydrogens (primary N) is 1. The monoisotopic (exact) mass is 266 g/mol. The molecule has 1 unspecified atom stereocenters. The van der Waals surface area contributed by atoms with Gasteiger partial charge in [0, 0.05) is 24.9 Å². The predicted octanol–water partition coefficient (Wildman–Crippen LogP) is 1.79. The molecule has 19 heavy (non-hydrogen) atoms. The molecule has 1 amide bonds. The van der Waals surface area contributed by atoms with E-state index in [1.807, 2.05) is 0 Å². The number of halogens is 1. The maximum absolute atomic E-state index is 13.0. The lowest BCUT2D eigenvalue weighted by molar-refractivity contribution is 0.0575. The molecule has 3 N–H and O–H groups in total. The topological polar surface area (TPSA) is 66.6 Å². The molecule has 0 saturated carbocycles. The number of likely N-dealkylation sites (tertiary alicyclic amines) is 1. The maximum Gasteiger partial charge on any atom is 0.256 e. The van der Waals surface area contributed by atoms with Crippen LogP contribution in [0, 0.1) is 5.82 Å². The van der Waals surface area contributed by atoms with E-state index in [1.54, 1.807) is 4.90 Å². The molecule has 0 aliphatic carbocycles. The molecule has 1 fully saturated rings. The van der Waals surface area contributed by atoms with Crippen molar-refractivity contribution < 1.29 is 14.3 Å². The van der Waals surface area contributed by atoms with Crippen LogP contribution < -0.4 is 5.73 Å². The van der Waals surface area contributed by atoms with Gasteiger partial charge >= 0.3 is 0 Å². The Morgan fingerprint density at radius 3 is 2.95 bits per heavy atom. The SMILES string of the molecule is Nc1cc(F)ccc1C(=O)N1CCCCC1CCO. The second kappa shape index (κ2) is 6.02. The molecule has 1 aliphatic rings. The van der Waals surface area contributed by atoms with Gasteiger partial charge in [0.2, 0.25) is 0 Å². The molecular formula is C14H19FN2O2. The number of hydrogen-bond acceptors (Lipinski definition) is 3. The van der Waals surface area contributed by atoms with Crippen LogP contribution in [0.25, 0.3) is 0 Å². The first kappa shape index (κ1) is 13.8. The van der Waals surface area contributed by atoms with Crippen LogP contribution in [0.5, 0.6) is 0 Å². The van der Waals surface area contributed by atoms with Crippen LogP contribution in [0.15, 0.2) is 18.2 Å². The van der Waals surface area contributed by atoms with Crippen molar-refractivity contribution in [3.05, 3.63) is 29.6 Å². The van der Waals surface area contributed by atoms with Gasteiger partial charge in [-0.1, -0.05) is 0 Å². The Morgan fingerprint density at radius 1 is 1.47 bits per heavy atom. The number of nitrogens with zero attached hydrogens (tertiary/aromatic N) is 1. The highest BCUT2D eigenvalue weighted by atomic mass is 19.1. The number of hydrogen-bond donors (Lipinski definition) is 2. The third-order valence-electron chi connectivity index (χ3n) is 3.59. The van der Waals surface area contributed by atoms with Gasteiger partial charge in [-0.25, -0.2) is 4.39 Å². The van der Waals surface area contributed by atoms with Crippen molar-refractivity contribution in [1.82, 2.24) is 4.90 Å². The highest BCUT2D eigenvalue weighted by Crippen LogP contribution is 2.24. The van der Waals surface area contributed by atoms with Crippen molar-refractivity contribution in [1.29, 1.82) is 0 Å². The lowest BCUT2D eigenvalue weighted by Crippen LogP contribution is -2.44. The highest BCUT2D eigenvalue weighted by molar-refractivity contribution is 5.99. The van der Waals surface area contributed by atoms with Crippen molar-refractivity contribution in [3.63, 3.8) is 0 Å². The Kier molecular flexibility index (Phi) is 4.37. The van der Waals surface area contributed by atoms with Crippen LogP contribution in [0.3, 0.4) is 0 Å². The summed E-state index contributed by atoms with van der Waals surface area (Å²) in [5.74, 6) is -0.616. The van der Waals surface area contributed by atoms with Gasteiger partial charge in [-0.15, -0.1) is 0 Å². The Labute approximate surface area is 112 Å². The average molecular weight is 266 g/mol. The third-order valence-corrected chi connectivity index (χ3v) is 3.59. The number of rotatable bonds is 3. The maximum atomic E-state index is 13.0. The number of benzene rings is 1. The van der Waals surface area contributed by atoms with Crippen molar-refractivity contribution in [2.75, 3.05) is 18.9 Å². The summed E-state index contributed by atoms with van der Waals surface area (Å²) in [5, 5.41) is 9.07. The van der Waals surface area contributed by atoms with Crippen molar-refractivity contribution in [2.45, 2.75) is 31.7 Å². The van der Waals surface area contributed by atoms with E-state index in [0.717, 1.165) is 25.3 Å². The fraction of sp³-hybridized carbons (Fsp3) is 0.500. The predicted molar refractivity (Wildman–Crippen MR) is 71.2 cm³/mol. The minimum Gasteiger partial charge on any atom is -0.398 e. The standard InChI is InChI=1S/C14H19FN2O2/c15-10-4-5-12(13(16)9-10)14(19)17-7-2-1-3-11(17)6-8-18/h4-5,9,11,18H,1-3,6-8,16H2. The first-order valence-electron chi connectivity index (χ1n) is 6.60. The number of anilines is 1. The molecule has 5 heteroatoms. The molecular weight excluding hydrogens is 247 g/mol. The normalized spacial score (nSPS) is 19.5. The van der Waals surface area contributed by atoms with Crippen LogP contribution in [-0.4, -0.2) is 35.1 Å². The second-order valence-corrected chi connectivity index (χ2v) is 4.89. The van der Waals surface area contributed by atoms with E-state index in [2.05, 4.69) is 0 Å². The summed E-state index contributed by atoms with van der Waals surface area (Å²) in [7, 11) is 0. The summed E-state index contributed by atoms with van der Waals surface area (Å²) in [6.07, 6.45) is 3.49. The summed E-state index contributed by atoms with van der Waals surface area (Å²) in [5.41, 5.74) is 6.22. The molecule has 1 atom stereocenters. The largest absolute Gasteiger partial charge is 0.398 e. The summed E-state index contributed by atoms with van der Waals surface area (Å²) in [4.78, 5) is 14.2. The zero-order chi connectivity index (χ0) is 13.8. The summed E-state index contributed by atoms with van der Waals surface area (Å²) in [6, 6.07) is 3.89. The molecule has 1 aliphatic heterocycles. The second-order valence-electron chi connectivity index (χ2n) is 4.89. The quantitative estimate of drug-likeness (QED) is 0.820. The van der Waals surface area contributed by atoms with Crippen molar-refractivity contribution in [2.24, 2.45) is 0 Å². The Bertz CT molecular complexity index is 463. The first-order chi connectivity index (χ1) is 9.13. The van der Waals surface area contributed by atoms with Gasteiger partial charge in [0.1, 0.15) is 5.82 Å². The van der Waals surface area contributed by atoms with E-state index in [0.29, 0.717) is 18.5 Å². The smallest absolute Gasteiger partial charge is 0.256 e. The Balaban J connectivity index is 2.21. The zero-order valence-electron chi connectivity index (χ0n) is 10.8. The van der Waals surface area contributed by atoms with E-state index in [-0.39, 0.29) is 24.2 Å². The summed E-state index contributed by atoms with van der Waals surface area (Å²) < 4.78 is 13.0. The van der Waals surface area contributed by atoms with E-state index in [4.69, 9.17) is 10.8 Å². The van der Waals surface area contributed by atoms with Crippen LogP contribution in [0.4, 0.5) is 10.1 Å². The Morgan fingerprint density at radius 2 is 2.26 bits per heavy atom. The fourth-order valence-corrected chi connectivity index (χ4v) is 2.60. The van der Waals surface area contributed by atoms with Crippen LogP contribution in [0.2, 0.25) is 0 Å². The number of carbonyl (C=O) groups excluding carboxylic acids is 1. The van der Waals surface area contributed by atoms with Crippen molar-refractivity contribution >= 4 is 11.6 Å². The molecule has 1 heterocycles. The number of piperidine rings is 1. The molecule has 0 spiro atoms. The minimum absolute atomic E-state index is 0.0516. The molecule has 4 nitrogen and oxygen atoms in total. The molecule has 1 aromatic carbocycles. The molecule has 2 rings (SSSR count). The van der Waals surface area contributed by atoms with E-state index < -0.39 is 5.82 Å². The number of aliphatic hydroxyl groups is 1. The van der Waals surface area contributed by atoms with Crippen LogP contribution in [0.1, 0.15) is 36.0 Å². The van der Waals surface area contributed by atoms with Gasteiger partial charge in [0.05, 0.1) is 5.56 Å². The van der Waals surface area contributed by atoms with Gasteiger partial charge < -0.3 is 15.7 Å². The number of nitrogen functional groups attached to an aromatic ring is 1. The van der Waals surface area contributed by atoms with Gasteiger partial charge in [-0.3, -0.25) is 4.79 Å². The number of carbonyl (C=O) groups is 1. The lowest BCUT2D eigenvalue weighted by atomic mass is 9.98. The molecule has 0 aromatic heterocycles. The highest BCUT2D eigenvalue weighted by Gasteiger charge is 2.27. The molecule has 104 valence electrons. The van der Waals surface area contributed by atoms with Gasteiger partial charge in [0.25, 0.3) is 5.91 Å². The zero-order valence-corrected chi connectivity index (χ0v) is 10.8. The average Bonchev–Trinajstić information content (AvgIpc) is 2.39. The molecule has 1 aromatic rings. The van der Waals surface area contributed by atoms with Gasteiger partial charge in [0.15, 0.2) is 0 Å². The molecule has 0 bridgehead atoms. The van der Waals surface area contributed by atoms with E-state index in [1.165, 1.54) is 12.1 Å². The van der Waals surface area contributed by atoms with Crippen LogP contribution in [-0.2, 0) is 0 Å². The molecule has 1 saturated heterocycles. The minimum atomic E-state index is -0.445. The number of aliphatic hydroxyl groups excluding tert-OH is 1. The summed E-state index contributed by atoms with van der Waals surface area (Å²) >= 11 is 0. The fourth-order valence-electron chi connectivity index (χ4n) is 2.60. The van der Waals surface area contributed by atoms with E-state index in [9.17, 15) is 9.18 Å². The first-order valence-corrected chi connectivity index (χ1v) is 6.60. The molecule has 0 radical (unpaired) electrons. The summed E-state index contributed by atoms with van der Waals surface area (Å²) in [6.45, 7) is 0.730. The van der Waals surface area contributed by atoms with E-state index >= 15 is 0 Å². The lowest BCUT2D eigenvalue weighted by Gasteiger charge is -2.35. The van der Waals surface area contributed by atoms with Crippen LogP contribution >= 0.6 is 0 Å². The van der Waals surface area contributed by atoms with Crippen molar-refractivity contribution in [3.8, 4) is 0 Å². The van der Waals surface area contributed by atoms with Gasteiger partial charge in [-0.2, -0.15) is 0 Å². The number of amides is 1.